The minimum absolute atomic E-state index is 0. The van der Waals surface area contributed by atoms with Crippen LogP contribution in [0.4, 0.5) is 5.82 Å². The molecule has 0 saturated heterocycles. The second-order valence-electron chi connectivity index (χ2n) is 27.4. The van der Waals surface area contributed by atoms with E-state index in [0.717, 1.165) is 86.9 Å². The first-order valence-corrected chi connectivity index (χ1v) is 51.2. The van der Waals surface area contributed by atoms with E-state index in [9.17, 15) is 57.3 Å². The Balaban J connectivity index is -0.000000156. The number of aliphatic hydroxyl groups excluding tert-OH is 2. The number of fused-ring (bicyclic) bond motifs is 4. The molecule has 813 valence electrons. The fourth-order valence-corrected chi connectivity index (χ4v) is 10.6. The number of halogens is 5. The zero-order valence-corrected chi connectivity index (χ0v) is 100. The van der Waals surface area contributed by atoms with E-state index in [-0.39, 0.29) is 151 Å². The zero-order chi connectivity index (χ0) is 109. The van der Waals surface area contributed by atoms with E-state index in [1.54, 1.807) is 116 Å². The number of carbonyl (C=O) groups excluding carboxylic acids is 10. The van der Waals surface area contributed by atoms with E-state index in [1.165, 1.54) is 23.1 Å². The summed E-state index contributed by atoms with van der Waals surface area (Å²) in [7, 11) is 7.36. The van der Waals surface area contributed by atoms with Gasteiger partial charge >= 0.3 is 82.3 Å². The van der Waals surface area contributed by atoms with Crippen molar-refractivity contribution in [1.29, 1.82) is 5.26 Å². The Labute approximate surface area is 936 Å². The third kappa shape index (κ3) is 65.4. The number of hydrogen-bond acceptors (Lipinski definition) is 36. The Morgan fingerprint density at radius 3 is 1.36 bits per heavy atom. The van der Waals surface area contributed by atoms with E-state index >= 15 is 0 Å². The molecule has 11 rings (SSSR count). The number of anilines is 1. The summed E-state index contributed by atoms with van der Waals surface area (Å²) in [5, 5.41) is 43.4. The fourth-order valence-electron chi connectivity index (χ4n) is 10.6. The second kappa shape index (κ2) is 90.9. The Morgan fingerprint density at radius 1 is 0.612 bits per heavy atom. The molecule has 0 amide bonds. The number of Topliss-reactive ketones (excluding diaryl/α,β-unsaturated/α-hetero) is 2. The predicted molar refractivity (Wildman–Crippen MR) is 552 cm³/mol. The number of aliphatic hydroxyl groups is 2. The number of nitrogen functional groups attached to an aromatic ring is 1. The molecule has 0 saturated carbocycles. The van der Waals surface area contributed by atoms with Gasteiger partial charge in [0.15, 0.2) is 34.1 Å². The molecular weight excluding hydrogens is 2410 g/mol. The number of aromatic nitrogens is 18. The monoisotopic (exact) mass is 2550 g/mol. The minimum Gasteiger partial charge on any atom is -1.00 e. The number of aromatic amines is 3. The molecule has 0 aliphatic heterocycles. The average Bonchev–Trinajstić information content (AvgIpc) is 1.63. The number of nitriles is 1. The number of rotatable bonds is 25. The second-order valence-corrected chi connectivity index (χ2v) is 36.5. The summed E-state index contributed by atoms with van der Waals surface area (Å²) < 4.78 is 59.4. The molecule has 0 aliphatic carbocycles. The SMILES string of the molecule is CC(=O)C=C(C)C.CCCC#N.CCO.CCOC(=O)C(=O)OCC.CCOC(=O)CC(C)=O.CCOC(=O)c1[nH]n2c(=O)cc(C)nc2c1CC.CCOC(=O)c1[nH]nc(N)c1CC.CCOC(=O)c1nn2ccc(C)nc2c1CC.CCc1c(CO)nn2ccc(C)nc12.CCc1c(Cn2[c-]ncc2)nn2ccc(C)nc12.NN.O.O=P(Cl)(Cl)Cl.O=S(Cl)Cl.[B].[C-]#[N+]C(CC)C(=O)C(=O)OCC.[H-].[HH].[Na+].[W].[W].[c-]1ncc[nH]1. The maximum Gasteiger partial charge on any atom is 1.00 e. The van der Waals surface area contributed by atoms with Crippen molar-refractivity contribution in [2.24, 2.45) is 11.7 Å². The van der Waals surface area contributed by atoms with Gasteiger partial charge in [0.2, 0.25) is 9.23 Å². The Hall–Kier alpha value is -10.2. The van der Waals surface area contributed by atoms with Gasteiger partial charge in [-0.3, -0.25) is 50.4 Å². The van der Waals surface area contributed by atoms with Crippen LogP contribution in [0.3, 0.4) is 0 Å². The maximum atomic E-state index is 11.8. The van der Waals surface area contributed by atoms with Gasteiger partial charge < -0.3 is 80.4 Å². The number of ketones is 3. The van der Waals surface area contributed by atoms with Crippen LogP contribution in [0, 0.1) is 58.3 Å². The predicted octanol–water partition coefficient (Wildman–Crippen LogP) is 9.66. The number of imidazole rings is 2. The van der Waals surface area contributed by atoms with E-state index in [1.807, 2.05) is 121 Å². The third-order valence-corrected chi connectivity index (χ3v) is 16.2. The van der Waals surface area contributed by atoms with Crippen LogP contribution in [0.1, 0.15) is 254 Å². The van der Waals surface area contributed by atoms with E-state index in [4.69, 9.17) is 46.2 Å². The van der Waals surface area contributed by atoms with E-state index in [2.05, 4.69) is 176 Å². The summed E-state index contributed by atoms with van der Waals surface area (Å²) in [6, 6.07) is 8.28. The number of esters is 7. The minimum atomic E-state index is -3.22. The third-order valence-electron chi connectivity index (χ3n) is 16.2. The van der Waals surface area contributed by atoms with Crippen molar-refractivity contribution >= 4 is 165 Å². The van der Waals surface area contributed by atoms with Crippen molar-refractivity contribution in [2.75, 3.05) is 58.6 Å². The molecule has 0 aliphatic rings. The number of H-pyrrole nitrogens is 3. The van der Waals surface area contributed by atoms with Gasteiger partial charge in [0.25, 0.3) is 11.6 Å². The first kappa shape index (κ1) is 154. The normalized spacial score (nSPS) is 9.60. The van der Waals surface area contributed by atoms with Crippen LogP contribution in [-0.2, 0) is 168 Å². The molecule has 147 heavy (non-hydrogen) atoms. The fraction of sp³-hybridized carbons (Fsp3) is 0.478. The molecule has 0 spiro atoms. The molecule has 57 heteroatoms. The molecule has 11 aromatic rings. The quantitative estimate of drug-likeness (QED) is 0.00225. The summed E-state index contributed by atoms with van der Waals surface area (Å²) in [5.41, 5.74) is 20.2. The molecule has 11 heterocycles. The van der Waals surface area contributed by atoms with E-state index < -0.39 is 62.1 Å². The number of hydrogen-bond donors (Lipinski definition) is 8. The summed E-state index contributed by atoms with van der Waals surface area (Å²) in [4.78, 5) is 151. The van der Waals surface area contributed by atoms with Gasteiger partial charge in [-0.1, -0.05) is 54.0 Å². The number of carbonyl (C=O) groups is 10. The zero-order valence-electron chi connectivity index (χ0n) is 88.0. The molecule has 3 radical (unpaired) electrons. The van der Waals surface area contributed by atoms with Crippen LogP contribution in [0.15, 0.2) is 84.1 Å². The van der Waals surface area contributed by atoms with Crippen LogP contribution in [0.25, 0.3) is 27.4 Å². The summed E-state index contributed by atoms with van der Waals surface area (Å²) in [6.45, 7) is 50.9. The smallest absolute Gasteiger partial charge is 1.00 e. The Kier molecular flexibility index (Phi) is 95.5. The standard InChI is InChI=1S/C13H14N5.C12H15N3O3.C12H15N3O2.C10H13N3O.C8H13N3O2.C8H11NO3.C6H10O4.C6H10O3.C6H10O.C4H7N.C3H3N2.C2H6O.B.Cl3OP.Cl2OS.H4N2.Na.H2O.2W.H2.H/c1-3-11-12(8-17-7-5-14-9-17)16-18-6-4-10(2)15-13(11)18;1-4-8-10(12(17)18-5-2)14-15-9(16)6-7(3)13-11(8)15;1-4-9-10(12(16)17-5-2)14-15-7-6-8(3)13-11(9)15;1-3-8-9(6-14)12-13-5-4-7(2)11-10(8)13;1-3-5-6(8(12)13-4-2)10-11-7(5)9;1-4-6(9-3)7(10)8(11)12-5-2;1-3-9-5(7)6(8)10-4-2;1-3-9-6(8)4-5(2)7;1-5(2)4-6(3)7;1-2-3-4-5;1-2-5-3-4-1;1-2-3;;1-5(2,3)4;1-4(2)3;1-2;;;;;;/h4-7H,3,8H2,1-2H3;6,14H,4-5H2,1-3H3;6-7H,4-5H2,1-3H3;4-5,14H,3,6H2,1-2H3;3-4H2,1-2H3,(H3,9,10,11);6H,4-5H2,1-2H3;3-4H2,1-2H3;3-4H2,1-2H3;4H,1-3H3;2-3H2,1H3;1-2H,(H,4,5);3H,2H2,1H3;;;;1-2H2;;1H2;;;1H;/q-1;;;;;;;;;;-1;;;;;;+1;;;;;-1. The van der Waals surface area contributed by atoms with Gasteiger partial charge in [-0.25, -0.2) is 77.5 Å². The van der Waals surface area contributed by atoms with Gasteiger partial charge in [0.05, 0.1) is 70.3 Å². The van der Waals surface area contributed by atoms with Crippen molar-refractivity contribution < 1.29 is 180 Å². The van der Waals surface area contributed by atoms with Gasteiger partial charge in [-0.15, -0.1) is 24.8 Å². The molecule has 11 aromatic heterocycles. The maximum absolute atomic E-state index is 11.8. The van der Waals surface area contributed by atoms with Gasteiger partial charge in [0.1, 0.15) is 29.4 Å². The van der Waals surface area contributed by atoms with Gasteiger partial charge in [0, 0.05) is 181 Å². The van der Waals surface area contributed by atoms with Gasteiger partial charge in [-0.05, 0) is 214 Å². The number of aryl methyl sites for hydroxylation is 8. The van der Waals surface area contributed by atoms with Gasteiger partial charge in [-0.2, -0.15) is 25.7 Å². The van der Waals surface area contributed by atoms with Crippen LogP contribution >= 0.6 is 60.3 Å². The van der Waals surface area contributed by atoms with Crippen LogP contribution in [-0.4, -0.2) is 234 Å². The molecule has 0 fully saturated rings. The molecule has 1 unspecified atom stereocenters. The molecule has 0 bridgehead atoms. The average molecular weight is 2550 g/mol. The number of nitrogens with zero attached hydrogens (tertiary/aromatic N) is 17. The van der Waals surface area contributed by atoms with Crippen molar-refractivity contribution in [1.82, 2.24) is 88.1 Å². The number of hydrazine groups is 1. The molecule has 1 atom stereocenters. The number of ether oxygens (including phenoxy) is 7. The topological polar surface area (TPSA) is 664 Å². The number of nitrogens with one attached hydrogen (secondary N) is 3. The van der Waals surface area contributed by atoms with Crippen molar-refractivity contribution in [3.8, 4) is 6.07 Å². The molecular formula is C90H136BCl5N23NaO23PSW2-2. The molecule has 46 nitrogen and oxygen atoms in total. The van der Waals surface area contributed by atoms with Crippen LogP contribution in [0.2, 0.25) is 0 Å². The summed E-state index contributed by atoms with van der Waals surface area (Å²) >= 11 is 13.8. The Morgan fingerprint density at radius 2 is 1.02 bits per heavy atom. The van der Waals surface area contributed by atoms with Crippen LogP contribution < -0.4 is 52.5 Å². The number of allylic oxidation sites excluding steroid dienone is 2. The molecule has 13 N–H and O–H groups in total. The Bertz CT molecular complexity index is 5870. The van der Waals surface area contributed by atoms with Crippen molar-refractivity contribution in [3.05, 3.63) is 193 Å². The summed E-state index contributed by atoms with van der Waals surface area (Å²) in [6.07, 6.45) is 25.2. The van der Waals surface area contributed by atoms with Crippen molar-refractivity contribution in [3.63, 3.8) is 0 Å². The number of unbranched alkanes of at least 4 members (excludes halogenated alkanes) is 1. The largest absolute Gasteiger partial charge is 1.00 e. The summed E-state index contributed by atoms with van der Waals surface area (Å²) in [5.74, 6) is 3.15. The van der Waals surface area contributed by atoms with E-state index in [0.29, 0.717) is 105 Å². The van der Waals surface area contributed by atoms with Crippen LogP contribution in [0.5, 0.6) is 0 Å². The van der Waals surface area contributed by atoms with Crippen molar-refractivity contribution in [2.45, 2.75) is 236 Å². The number of nitrogens with two attached hydrogens (primary N) is 3. The molecule has 0 aromatic carbocycles. The first-order valence-electron chi connectivity index (χ1n) is 44.0. The first-order chi connectivity index (χ1) is 67.2.